The molecular formula is C11H11F3O. The van der Waals surface area contributed by atoms with E-state index < -0.39 is 23.9 Å². The Balaban J connectivity index is 2.24. The molecular weight excluding hydrogens is 205 g/mol. The van der Waals surface area contributed by atoms with Crippen molar-refractivity contribution >= 4 is 0 Å². The summed E-state index contributed by atoms with van der Waals surface area (Å²) in [6.45, 7) is 0. The van der Waals surface area contributed by atoms with Crippen molar-refractivity contribution in [2.75, 3.05) is 0 Å². The lowest BCUT2D eigenvalue weighted by atomic mass is 10.0. The molecule has 0 aliphatic heterocycles. The average Bonchev–Trinajstić information content (AvgIpc) is 2.99. The van der Waals surface area contributed by atoms with Gasteiger partial charge in [0.25, 0.3) is 6.43 Å². The minimum atomic E-state index is -2.81. The number of rotatable bonds is 3. The fourth-order valence-electron chi connectivity index (χ4n) is 1.59. The van der Waals surface area contributed by atoms with Crippen LogP contribution in [0.1, 0.15) is 36.5 Å². The van der Waals surface area contributed by atoms with Crippen molar-refractivity contribution in [1.82, 2.24) is 0 Å². The van der Waals surface area contributed by atoms with Gasteiger partial charge in [0.1, 0.15) is 5.82 Å². The summed E-state index contributed by atoms with van der Waals surface area (Å²) in [5.74, 6) is -0.774. The third-order valence-corrected chi connectivity index (χ3v) is 2.67. The lowest BCUT2D eigenvalue weighted by molar-refractivity contribution is 0.143. The molecule has 82 valence electrons. The van der Waals surface area contributed by atoms with E-state index in [-0.39, 0.29) is 5.92 Å². The number of aliphatic hydroxyl groups excluding tert-OH is 1. The van der Waals surface area contributed by atoms with Gasteiger partial charge in [0.15, 0.2) is 0 Å². The van der Waals surface area contributed by atoms with Crippen LogP contribution in [0.25, 0.3) is 0 Å². The summed E-state index contributed by atoms with van der Waals surface area (Å²) in [6, 6.07) is 3.42. The highest BCUT2D eigenvalue weighted by Gasteiger charge is 2.31. The second-order valence-corrected chi connectivity index (χ2v) is 3.86. The number of hydrogen-bond acceptors (Lipinski definition) is 1. The Morgan fingerprint density at radius 1 is 1.27 bits per heavy atom. The molecule has 1 atom stereocenters. The van der Waals surface area contributed by atoms with Crippen molar-refractivity contribution in [1.29, 1.82) is 0 Å². The van der Waals surface area contributed by atoms with Gasteiger partial charge in [-0.15, -0.1) is 0 Å². The van der Waals surface area contributed by atoms with Crippen LogP contribution in [0.2, 0.25) is 0 Å². The van der Waals surface area contributed by atoms with E-state index in [9.17, 15) is 18.3 Å². The SMILES string of the molecule is OC(c1ccc(C(F)F)c(F)c1)C1CC1. The summed E-state index contributed by atoms with van der Waals surface area (Å²) in [4.78, 5) is 0. The van der Waals surface area contributed by atoms with Crippen molar-refractivity contribution in [3.63, 3.8) is 0 Å². The zero-order valence-corrected chi connectivity index (χ0v) is 7.96. The Bertz CT molecular complexity index is 361. The molecule has 2 rings (SSSR count). The Morgan fingerprint density at radius 3 is 2.40 bits per heavy atom. The monoisotopic (exact) mass is 216 g/mol. The number of aliphatic hydroxyl groups is 1. The topological polar surface area (TPSA) is 20.2 Å². The van der Waals surface area contributed by atoms with E-state index in [1.165, 1.54) is 6.07 Å². The van der Waals surface area contributed by atoms with Crippen molar-refractivity contribution in [2.45, 2.75) is 25.4 Å². The highest BCUT2D eigenvalue weighted by Crippen LogP contribution is 2.41. The van der Waals surface area contributed by atoms with Gasteiger partial charge in [0, 0.05) is 0 Å². The molecule has 0 radical (unpaired) electrons. The van der Waals surface area contributed by atoms with Crippen molar-refractivity contribution in [3.8, 4) is 0 Å². The van der Waals surface area contributed by atoms with E-state index in [1.807, 2.05) is 0 Å². The predicted molar refractivity (Wildman–Crippen MR) is 49.0 cm³/mol. The Kier molecular flexibility index (Phi) is 2.69. The van der Waals surface area contributed by atoms with Crippen LogP contribution in [0.4, 0.5) is 13.2 Å². The van der Waals surface area contributed by atoms with E-state index in [2.05, 4.69) is 0 Å². The van der Waals surface area contributed by atoms with Crippen molar-refractivity contribution in [2.24, 2.45) is 5.92 Å². The summed E-state index contributed by atoms with van der Waals surface area (Å²) >= 11 is 0. The standard InChI is InChI=1S/C11H11F3O/c12-9-5-7(10(15)6-1-2-6)3-4-8(9)11(13)14/h3-6,10-11,15H,1-2H2. The van der Waals surface area contributed by atoms with Crippen LogP contribution in [0, 0.1) is 11.7 Å². The van der Waals surface area contributed by atoms with Crippen LogP contribution in [-0.2, 0) is 0 Å². The predicted octanol–water partition coefficient (Wildman–Crippen LogP) is 3.21. The van der Waals surface area contributed by atoms with Gasteiger partial charge in [0.2, 0.25) is 0 Å². The first-order valence-electron chi connectivity index (χ1n) is 4.85. The molecule has 1 aliphatic carbocycles. The largest absolute Gasteiger partial charge is 0.388 e. The highest BCUT2D eigenvalue weighted by molar-refractivity contribution is 5.27. The molecule has 0 amide bonds. The fourth-order valence-corrected chi connectivity index (χ4v) is 1.59. The van der Waals surface area contributed by atoms with Gasteiger partial charge < -0.3 is 5.11 Å². The van der Waals surface area contributed by atoms with Gasteiger partial charge in [0.05, 0.1) is 11.7 Å². The molecule has 0 aromatic heterocycles. The summed E-state index contributed by atoms with van der Waals surface area (Å²) in [5, 5.41) is 9.66. The first-order chi connectivity index (χ1) is 7.09. The number of benzene rings is 1. The molecule has 1 N–H and O–H groups in total. The summed E-state index contributed by atoms with van der Waals surface area (Å²) in [5.41, 5.74) is -0.221. The minimum absolute atomic E-state index is 0.168. The maximum Gasteiger partial charge on any atom is 0.266 e. The molecule has 0 saturated heterocycles. The van der Waals surface area contributed by atoms with E-state index in [1.54, 1.807) is 0 Å². The third-order valence-electron chi connectivity index (χ3n) is 2.67. The maximum absolute atomic E-state index is 13.2. The lowest BCUT2D eigenvalue weighted by Gasteiger charge is -2.11. The Hall–Kier alpha value is -1.03. The molecule has 1 unspecified atom stereocenters. The third kappa shape index (κ3) is 2.15. The maximum atomic E-state index is 13.2. The van der Waals surface area contributed by atoms with Gasteiger partial charge in [-0.1, -0.05) is 12.1 Å². The molecule has 1 aromatic carbocycles. The molecule has 1 aromatic rings. The molecule has 0 spiro atoms. The molecule has 1 saturated carbocycles. The van der Waals surface area contributed by atoms with Crippen LogP contribution < -0.4 is 0 Å². The minimum Gasteiger partial charge on any atom is -0.388 e. The van der Waals surface area contributed by atoms with Gasteiger partial charge in [-0.25, -0.2) is 13.2 Å². The Labute approximate surface area is 85.5 Å². The Morgan fingerprint density at radius 2 is 1.93 bits per heavy atom. The summed E-state index contributed by atoms with van der Waals surface area (Å²) in [7, 11) is 0. The van der Waals surface area contributed by atoms with E-state index in [4.69, 9.17) is 0 Å². The van der Waals surface area contributed by atoms with Crippen LogP contribution >= 0.6 is 0 Å². The normalized spacial score (nSPS) is 18.2. The fraction of sp³-hybridized carbons (Fsp3) is 0.455. The molecule has 1 fully saturated rings. The molecule has 1 aliphatic rings. The van der Waals surface area contributed by atoms with Crippen LogP contribution in [0.15, 0.2) is 18.2 Å². The van der Waals surface area contributed by atoms with Crippen molar-refractivity contribution < 1.29 is 18.3 Å². The van der Waals surface area contributed by atoms with Crippen LogP contribution in [0.3, 0.4) is 0 Å². The zero-order chi connectivity index (χ0) is 11.0. The van der Waals surface area contributed by atoms with Gasteiger partial charge >= 0.3 is 0 Å². The summed E-state index contributed by atoms with van der Waals surface area (Å²) < 4.78 is 37.6. The zero-order valence-electron chi connectivity index (χ0n) is 7.96. The quantitative estimate of drug-likeness (QED) is 0.822. The number of halogens is 3. The number of hydrogen-bond donors (Lipinski definition) is 1. The molecule has 0 bridgehead atoms. The van der Waals surface area contributed by atoms with Gasteiger partial charge in [-0.05, 0) is 30.4 Å². The molecule has 1 nitrogen and oxygen atoms in total. The smallest absolute Gasteiger partial charge is 0.266 e. The van der Waals surface area contributed by atoms with Gasteiger partial charge in [-0.3, -0.25) is 0 Å². The van der Waals surface area contributed by atoms with E-state index in [0.717, 1.165) is 25.0 Å². The highest BCUT2D eigenvalue weighted by atomic mass is 19.3. The second kappa shape index (κ2) is 3.85. The van der Waals surface area contributed by atoms with Crippen LogP contribution in [0.5, 0.6) is 0 Å². The molecule has 4 heteroatoms. The first kappa shape index (κ1) is 10.5. The summed E-state index contributed by atoms with van der Waals surface area (Å²) in [6.07, 6.45) is -1.69. The molecule has 0 heterocycles. The lowest BCUT2D eigenvalue weighted by Crippen LogP contribution is -2.01. The van der Waals surface area contributed by atoms with Crippen molar-refractivity contribution in [3.05, 3.63) is 35.1 Å². The molecule has 15 heavy (non-hydrogen) atoms. The average molecular weight is 216 g/mol. The second-order valence-electron chi connectivity index (χ2n) is 3.86. The first-order valence-corrected chi connectivity index (χ1v) is 4.85. The van der Waals surface area contributed by atoms with E-state index in [0.29, 0.717) is 5.56 Å². The van der Waals surface area contributed by atoms with Crippen LogP contribution in [-0.4, -0.2) is 5.11 Å². The number of alkyl halides is 2. The van der Waals surface area contributed by atoms with E-state index >= 15 is 0 Å². The van der Waals surface area contributed by atoms with Gasteiger partial charge in [-0.2, -0.15) is 0 Å².